The van der Waals surface area contributed by atoms with E-state index < -0.39 is 0 Å². The smallest absolute Gasteiger partial charge is 0.0701 e. The summed E-state index contributed by atoms with van der Waals surface area (Å²) in [6.45, 7) is 6.97. The summed E-state index contributed by atoms with van der Waals surface area (Å²) in [6.07, 6.45) is 2.44. The van der Waals surface area contributed by atoms with Gasteiger partial charge in [0.05, 0.1) is 6.10 Å². The monoisotopic (exact) mass is 203 g/mol. The second kappa shape index (κ2) is 9.44. The molecule has 0 amide bonds. The Morgan fingerprint density at radius 2 is 1.93 bits per heavy atom. The lowest BCUT2D eigenvalue weighted by molar-refractivity contribution is 0.0290. The average molecular weight is 203 g/mol. The lowest BCUT2D eigenvalue weighted by Crippen LogP contribution is -2.28. The van der Waals surface area contributed by atoms with Crippen molar-refractivity contribution < 1.29 is 9.47 Å². The van der Waals surface area contributed by atoms with Gasteiger partial charge in [0.1, 0.15) is 0 Å². The van der Waals surface area contributed by atoms with Crippen LogP contribution in [0.5, 0.6) is 0 Å². The van der Waals surface area contributed by atoms with Crippen molar-refractivity contribution in [1.82, 2.24) is 5.32 Å². The van der Waals surface area contributed by atoms with Crippen LogP contribution in [0.2, 0.25) is 0 Å². The molecule has 0 aromatic rings. The number of likely N-dealkylation sites (N-methyl/N-ethyl adjacent to an activating group) is 1. The van der Waals surface area contributed by atoms with E-state index in [1.807, 2.05) is 7.05 Å². The first-order valence-electron chi connectivity index (χ1n) is 5.45. The summed E-state index contributed by atoms with van der Waals surface area (Å²) in [6, 6.07) is 0. The van der Waals surface area contributed by atoms with Crippen LogP contribution in [-0.4, -0.2) is 40.0 Å². The summed E-state index contributed by atoms with van der Waals surface area (Å²) in [4.78, 5) is 0. The molecule has 1 unspecified atom stereocenters. The van der Waals surface area contributed by atoms with Gasteiger partial charge in [-0.1, -0.05) is 13.8 Å². The summed E-state index contributed by atoms with van der Waals surface area (Å²) in [5.74, 6) is 0.691. The molecule has 0 aliphatic heterocycles. The maximum Gasteiger partial charge on any atom is 0.0701 e. The number of ether oxygens (including phenoxy) is 2. The van der Waals surface area contributed by atoms with Crippen molar-refractivity contribution in [2.75, 3.05) is 33.9 Å². The third kappa shape index (κ3) is 8.48. The topological polar surface area (TPSA) is 30.5 Å². The molecule has 0 radical (unpaired) electrons. The van der Waals surface area contributed by atoms with E-state index in [0.717, 1.165) is 32.6 Å². The van der Waals surface area contributed by atoms with Gasteiger partial charge in [-0.05, 0) is 25.8 Å². The van der Waals surface area contributed by atoms with Crippen molar-refractivity contribution in [3.63, 3.8) is 0 Å². The molecule has 0 fully saturated rings. The highest BCUT2D eigenvalue weighted by atomic mass is 16.5. The molecule has 0 rings (SSSR count). The van der Waals surface area contributed by atoms with Gasteiger partial charge in [0.2, 0.25) is 0 Å². The number of rotatable bonds is 9. The fourth-order valence-corrected chi connectivity index (χ4v) is 1.42. The molecule has 0 heterocycles. The molecule has 1 N–H and O–H groups in total. The fourth-order valence-electron chi connectivity index (χ4n) is 1.42. The molecule has 0 aliphatic carbocycles. The molecule has 0 aromatic carbocycles. The zero-order chi connectivity index (χ0) is 10.8. The van der Waals surface area contributed by atoms with Crippen LogP contribution in [0.15, 0.2) is 0 Å². The second-order valence-corrected chi connectivity index (χ2v) is 4.03. The molecular weight excluding hydrogens is 178 g/mol. The van der Waals surface area contributed by atoms with Gasteiger partial charge in [0.25, 0.3) is 0 Å². The number of hydrogen-bond acceptors (Lipinski definition) is 3. The molecule has 0 aliphatic rings. The molecule has 14 heavy (non-hydrogen) atoms. The summed E-state index contributed by atoms with van der Waals surface area (Å²) in [5, 5.41) is 3.16. The van der Waals surface area contributed by atoms with Crippen LogP contribution >= 0.6 is 0 Å². The van der Waals surface area contributed by atoms with Gasteiger partial charge >= 0.3 is 0 Å². The fraction of sp³-hybridized carbons (Fsp3) is 1.00. The van der Waals surface area contributed by atoms with Crippen molar-refractivity contribution in [1.29, 1.82) is 0 Å². The highest BCUT2D eigenvalue weighted by Crippen LogP contribution is 2.07. The zero-order valence-electron chi connectivity index (χ0n) is 10.0. The normalized spacial score (nSPS) is 13.5. The highest BCUT2D eigenvalue weighted by Gasteiger charge is 2.09. The van der Waals surface area contributed by atoms with Crippen LogP contribution < -0.4 is 5.32 Å². The molecule has 3 nitrogen and oxygen atoms in total. The van der Waals surface area contributed by atoms with Crippen LogP contribution in [0.25, 0.3) is 0 Å². The number of nitrogens with one attached hydrogen (secondary N) is 1. The number of methoxy groups -OCH3 is 1. The van der Waals surface area contributed by atoms with Crippen molar-refractivity contribution in [3.8, 4) is 0 Å². The van der Waals surface area contributed by atoms with Gasteiger partial charge in [-0.25, -0.2) is 0 Å². The summed E-state index contributed by atoms with van der Waals surface area (Å²) < 4.78 is 10.7. The van der Waals surface area contributed by atoms with E-state index in [4.69, 9.17) is 9.47 Å². The van der Waals surface area contributed by atoms with E-state index in [1.165, 1.54) is 0 Å². The molecule has 0 aromatic heterocycles. The minimum Gasteiger partial charge on any atom is -0.385 e. The van der Waals surface area contributed by atoms with Crippen LogP contribution in [0, 0.1) is 5.92 Å². The standard InChI is InChI=1S/C11H25NO2/c1-10(2)8-11(9-12-3)14-7-5-6-13-4/h10-12H,5-9H2,1-4H3. The Labute approximate surface area is 88.2 Å². The largest absolute Gasteiger partial charge is 0.385 e. The molecule has 0 spiro atoms. The van der Waals surface area contributed by atoms with Crippen LogP contribution in [-0.2, 0) is 9.47 Å². The van der Waals surface area contributed by atoms with Gasteiger partial charge in [-0.15, -0.1) is 0 Å². The molecule has 86 valence electrons. The molecule has 3 heteroatoms. The van der Waals surface area contributed by atoms with E-state index in [2.05, 4.69) is 19.2 Å². The Hall–Kier alpha value is -0.120. The van der Waals surface area contributed by atoms with Crippen molar-refractivity contribution in [2.24, 2.45) is 5.92 Å². The minimum absolute atomic E-state index is 0.344. The van der Waals surface area contributed by atoms with Crippen molar-refractivity contribution in [2.45, 2.75) is 32.8 Å². The molecule has 1 atom stereocenters. The molecule has 0 saturated carbocycles. The number of hydrogen-bond donors (Lipinski definition) is 1. The van der Waals surface area contributed by atoms with Crippen LogP contribution in [0.3, 0.4) is 0 Å². The molecule has 0 saturated heterocycles. The van der Waals surface area contributed by atoms with Crippen LogP contribution in [0.1, 0.15) is 26.7 Å². The lowest BCUT2D eigenvalue weighted by atomic mass is 10.1. The quantitative estimate of drug-likeness (QED) is 0.578. The predicted molar refractivity (Wildman–Crippen MR) is 59.6 cm³/mol. The van der Waals surface area contributed by atoms with E-state index >= 15 is 0 Å². The Kier molecular flexibility index (Phi) is 9.35. The van der Waals surface area contributed by atoms with Gasteiger partial charge in [0, 0.05) is 26.9 Å². The third-order valence-electron chi connectivity index (χ3n) is 2.01. The van der Waals surface area contributed by atoms with E-state index in [-0.39, 0.29) is 0 Å². The van der Waals surface area contributed by atoms with Crippen LogP contribution in [0.4, 0.5) is 0 Å². The van der Waals surface area contributed by atoms with Gasteiger partial charge < -0.3 is 14.8 Å². The van der Waals surface area contributed by atoms with E-state index in [9.17, 15) is 0 Å². The maximum absolute atomic E-state index is 5.75. The highest BCUT2D eigenvalue weighted by molar-refractivity contribution is 4.62. The Bertz CT molecular complexity index is 118. The average Bonchev–Trinajstić information content (AvgIpc) is 2.12. The zero-order valence-corrected chi connectivity index (χ0v) is 10.0. The predicted octanol–water partition coefficient (Wildman–Crippen LogP) is 1.67. The van der Waals surface area contributed by atoms with Gasteiger partial charge in [-0.3, -0.25) is 0 Å². The first-order chi connectivity index (χ1) is 6.70. The first-order valence-corrected chi connectivity index (χ1v) is 5.45. The molecule has 0 bridgehead atoms. The summed E-state index contributed by atoms with van der Waals surface area (Å²) in [7, 11) is 3.69. The van der Waals surface area contributed by atoms with Gasteiger partial charge in [0.15, 0.2) is 0 Å². The molecular formula is C11H25NO2. The maximum atomic E-state index is 5.75. The van der Waals surface area contributed by atoms with Crippen molar-refractivity contribution in [3.05, 3.63) is 0 Å². The van der Waals surface area contributed by atoms with E-state index in [1.54, 1.807) is 7.11 Å². The SMILES string of the molecule is CNCC(CC(C)C)OCCCOC. The minimum atomic E-state index is 0.344. The van der Waals surface area contributed by atoms with Crippen molar-refractivity contribution >= 4 is 0 Å². The summed E-state index contributed by atoms with van der Waals surface area (Å²) >= 11 is 0. The van der Waals surface area contributed by atoms with E-state index in [0.29, 0.717) is 12.0 Å². The lowest BCUT2D eigenvalue weighted by Gasteiger charge is -2.19. The Morgan fingerprint density at radius 3 is 2.43 bits per heavy atom. The van der Waals surface area contributed by atoms with Gasteiger partial charge in [-0.2, -0.15) is 0 Å². The third-order valence-corrected chi connectivity index (χ3v) is 2.01. The second-order valence-electron chi connectivity index (χ2n) is 4.03. The Balaban J connectivity index is 3.51. The summed E-state index contributed by atoms with van der Waals surface area (Å²) in [5.41, 5.74) is 0. The Morgan fingerprint density at radius 1 is 1.21 bits per heavy atom. The first kappa shape index (κ1) is 13.9.